The molecular weight excluding hydrogens is 332 g/mol. The Morgan fingerprint density at radius 3 is 2.84 bits per heavy atom. The van der Waals surface area contributed by atoms with Crippen LogP contribution in [-0.2, 0) is 6.54 Å². The molecule has 2 aromatic carbocycles. The van der Waals surface area contributed by atoms with Crippen LogP contribution in [0, 0.1) is 0 Å². The Labute approximate surface area is 149 Å². The first-order chi connectivity index (χ1) is 12.0. The van der Waals surface area contributed by atoms with Crippen molar-refractivity contribution in [2.45, 2.75) is 26.4 Å². The van der Waals surface area contributed by atoms with Crippen LogP contribution >= 0.6 is 11.3 Å². The molecule has 4 rings (SSSR count). The fourth-order valence-electron chi connectivity index (χ4n) is 2.95. The second-order valence-corrected chi connectivity index (χ2v) is 7.34. The Balaban J connectivity index is 1.70. The topological polar surface area (TPSA) is 71.6 Å². The minimum absolute atomic E-state index is 0.00997. The maximum absolute atomic E-state index is 12.6. The lowest BCUT2D eigenvalue weighted by Crippen LogP contribution is -2.22. The quantitative estimate of drug-likeness (QED) is 0.580. The minimum atomic E-state index is 0.00997. The zero-order chi connectivity index (χ0) is 17.6. The summed E-state index contributed by atoms with van der Waals surface area (Å²) in [5.74, 6) is 0.535. The van der Waals surface area contributed by atoms with Crippen molar-refractivity contribution >= 4 is 38.4 Å². The summed E-state index contributed by atoms with van der Waals surface area (Å²) in [6.07, 6.45) is 0. The van der Waals surface area contributed by atoms with Crippen LogP contribution in [0.5, 0.6) is 0 Å². The summed E-state index contributed by atoms with van der Waals surface area (Å²) in [5, 5.41) is 0.715. The van der Waals surface area contributed by atoms with Gasteiger partial charge in [0.1, 0.15) is 5.84 Å². The summed E-state index contributed by atoms with van der Waals surface area (Å²) in [6, 6.07) is 13.7. The molecule has 5 nitrogen and oxygen atoms in total. The van der Waals surface area contributed by atoms with Gasteiger partial charge in [-0.2, -0.15) is 0 Å². The predicted molar refractivity (Wildman–Crippen MR) is 102 cm³/mol. The van der Waals surface area contributed by atoms with Crippen molar-refractivity contribution < 1.29 is 4.79 Å². The maximum atomic E-state index is 12.6. The Bertz CT molecular complexity index is 1010. The van der Waals surface area contributed by atoms with E-state index in [-0.39, 0.29) is 11.9 Å². The number of carbonyl (C=O) groups is 1. The standard InChI is InChI=1S/C19H18N4OS/c1-11(2)21-17(20)12-7-8-15-16(9-12)25-19(22-15)23-10-13-5-3-4-6-14(13)18(23)24/h3-9,11H,10H2,1-2H3,(H2,20,21). The second kappa shape index (κ2) is 5.97. The number of nitrogens with zero attached hydrogens (tertiary/aromatic N) is 3. The first kappa shape index (κ1) is 15.8. The number of fused-ring (bicyclic) bond motifs is 2. The van der Waals surface area contributed by atoms with Gasteiger partial charge in [-0.05, 0) is 43.7 Å². The number of anilines is 1. The molecule has 2 heterocycles. The average Bonchev–Trinajstić information content (AvgIpc) is 3.15. The van der Waals surface area contributed by atoms with Crippen LogP contribution in [-0.4, -0.2) is 22.8 Å². The van der Waals surface area contributed by atoms with Crippen molar-refractivity contribution in [1.82, 2.24) is 4.98 Å². The van der Waals surface area contributed by atoms with E-state index < -0.39 is 0 Å². The lowest BCUT2D eigenvalue weighted by atomic mass is 10.1. The number of thiazole rings is 1. The van der Waals surface area contributed by atoms with Gasteiger partial charge in [0.05, 0.1) is 16.8 Å². The molecule has 0 fully saturated rings. The third-order valence-electron chi connectivity index (χ3n) is 4.12. The molecule has 1 aliphatic heterocycles. The first-order valence-corrected chi connectivity index (χ1v) is 8.98. The monoisotopic (exact) mass is 350 g/mol. The smallest absolute Gasteiger partial charge is 0.260 e. The molecule has 0 radical (unpaired) electrons. The van der Waals surface area contributed by atoms with Gasteiger partial charge in [-0.25, -0.2) is 4.98 Å². The van der Waals surface area contributed by atoms with E-state index >= 15 is 0 Å². The van der Waals surface area contributed by atoms with Gasteiger partial charge in [0, 0.05) is 17.2 Å². The number of hydrogen-bond acceptors (Lipinski definition) is 4. The van der Waals surface area contributed by atoms with Gasteiger partial charge in [-0.1, -0.05) is 29.5 Å². The van der Waals surface area contributed by atoms with E-state index in [2.05, 4.69) is 9.98 Å². The number of amides is 1. The molecule has 1 aromatic heterocycles. The number of hydrogen-bond donors (Lipinski definition) is 1. The van der Waals surface area contributed by atoms with Crippen LogP contribution < -0.4 is 10.6 Å². The van der Waals surface area contributed by atoms with E-state index in [1.54, 1.807) is 4.90 Å². The van der Waals surface area contributed by atoms with E-state index in [0.29, 0.717) is 17.5 Å². The van der Waals surface area contributed by atoms with E-state index in [0.717, 1.165) is 26.9 Å². The summed E-state index contributed by atoms with van der Waals surface area (Å²) in [7, 11) is 0. The molecule has 0 saturated carbocycles. The second-order valence-electron chi connectivity index (χ2n) is 6.34. The Kier molecular flexibility index (Phi) is 3.77. The average molecular weight is 350 g/mol. The zero-order valence-electron chi connectivity index (χ0n) is 14.1. The van der Waals surface area contributed by atoms with Gasteiger partial charge >= 0.3 is 0 Å². The van der Waals surface area contributed by atoms with Gasteiger partial charge in [-0.3, -0.25) is 14.7 Å². The molecular formula is C19H18N4OS. The molecule has 3 aromatic rings. The third-order valence-corrected chi connectivity index (χ3v) is 5.16. The number of rotatable bonds is 3. The van der Waals surface area contributed by atoms with E-state index in [9.17, 15) is 4.79 Å². The van der Waals surface area contributed by atoms with Crippen LogP contribution in [0.1, 0.15) is 35.3 Å². The first-order valence-electron chi connectivity index (χ1n) is 8.17. The Morgan fingerprint density at radius 1 is 1.28 bits per heavy atom. The normalized spacial score (nSPS) is 14.6. The third kappa shape index (κ3) is 2.78. The molecule has 126 valence electrons. The van der Waals surface area contributed by atoms with E-state index in [1.807, 2.05) is 56.3 Å². The molecule has 0 unspecified atom stereocenters. The van der Waals surface area contributed by atoms with Crippen molar-refractivity contribution in [3.63, 3.8) is 0 Å². The largest absolute Gasteiger partial charge is 0.383 e. The maximum Gasteiger partial charge on any atom is 0.260 e. The lowest BCUT2D eigenvalue weighted by molar-refractivity contribution is 0.0996. The minimum Gasteiger partial charge on any atom is -0.383 e. The summed E-state index contributed by atoms with van der Waals surface area (Å²) < 4.78 is 0.998. The van der Waals surface area contributed by atoms with Crippen molar-refractivity contribution in [2.75, 3.05) is 4.90 Å². The highest BCUT2D eigenvalue weighted by molar-refractivity contribution is 7.22. The summed E-state index contributed by atoms with van der Waals surface area (Å²) in [5.41, 5.74) is 9.61. The highest BCUT2D eigenvalue weighted by Crippen LogP contribution is 2.34. The van der Waals surface area contributed by atoms with Crippen LogP contribution in [0.2, 0.25) is 0 Å². The van der Waals surface area contributed by atoms with Gasteiger partial charge in [-0.15, -0.1) is 0 Å². The van der Waals surface area contributed by atoms with E-state index in [1.165, 1.54) is 11.3 Å². The molecule has 0 spiro atoms. The highest BCUT2D eigenvalue weighted by atomic mass is 32.1. The van der Waals surface area contributed by atoms with Crippen LogP contribution in [0.3, 0.4) is 0 Å². The molecule has 0 bridgehead atoms. The SMILES string of the molecule is CC(C)N=C(N)c1ccc2nc(N3Cc4ccccc4C3=O)sc2c1. The number of aliphatic imine (C=N–C) groups is 1. The number of nitrogens with two attached hydrogens (primary N) is 1. The molecule has 0 aliphatic carbocycles. The molecule has 1 amide bonds. The van der Waals surface area contributed by atoms with Gasteiger partial charge < -0.3 is 5.73 Å². The van der Waals surface area contributed by atoms with Crippen LogP contribution in [0.25, 0.3) is 10.2 Å². The zero-order valence-corrected chi connectivity index (χ0v) is 14.9. The molecule has 6 heteroatoms. The van der Waals surface area contributed by atoms with Gasteiger partial charge in [0.2, 0.25) is 0 Å². The lowest BCUT2D eigenvalue weighted by Gasteiger charge is -2.10. The number of amidine groups is 1. The van der Waals surface area contributed by atoms with Crippen LogP contribution in [0.15, 0.2) is 47.5 Å². The predicted octanol–water partition coefficient (Wildman–Crippen LogP) is 3.57. The Hall–Kier alpha value is -2.73. The fraction of sp³-hybridized carbons (Fsp3) is 0.211. The molecule has 2 N–H and O–H groups in total. The molecule has 1 aliphatic rings. The van der Waals surface area contributed by atoms with Gasteiger partial charge in [0.15, 0.2) is 5.13 Å². The van der Waals surface area contributed by atoms with Gasteiger partial charge in [0.25, 0.3) is 5.91 Å². The van der Waals surface area contributed by atoms with Crippen molar-refractivity contribution in [2.24, 2.45) is 10.7 Å². The fourth-order valence-corrected chi connectivity index (χ4v) is 3.95. The molecule has 0 atom stereocenters. The molecule has 0 saturated heterocycles. The summed E-state index contributed by atoms with van der Waals surface area (Å²) in [4.78, 5) is 23.4. The number of benzene rings is 2. The summed E-state index contributed by atoms with van der Waals surface area (Å²) >= 11 is 1.50. The number of aromatic nitrogens is 1. The van der Waals surface area contributed by atoms with Crippen molar-refractivity contribution in [3.8, 4) is 0 Å². The van der Waals surface area contributed by atoms with Crippen molar-refractivity contribution in [3.05, 3.63) is 59.2 Å². The number of carbonyl (C=O) groups excluding carboxylic acids is 1. The Morgan fingerprint density at radius 2 is 2.08 bits per heavy atom. The van der Waals surface area contributed by atoms with Crippen molar-refractivity contribution in [1.29, 1.82) is 0 Å². The summed E-state index contributed by atoms with van der Waals surface area (Å²) in [6.45, 7) is 4.55. The highest BCUT2D eigenvalue weighted by Gasteiger charge is 2.30. The van der Waals surface area contributed by atoms with E-state index in [4.69, 9.17) is 5.73 Å². The van der Waals surface area contributed by atoms with Crippen LogP contribution in [0.4, 0.5) is 5.13 Å². The molecule has 25 heavy (non-hydrogen) atoms.